The minimum absolute atomic E-state index is 0.0149. The monoisotopic (exact) mass is 548 g/mol. The molecule has 192 valence electrons. The van der Waals surface area contributed by atoms with E-state index in [0.717, 1.165) is 22.9 Å². The van der Waals surface area contributed by atoms with E-state index >= 15 is 0 Å². The highest BCUT2D eigenvalue weighted by atomic mass is 79.9. The van der Waals surface area contributed by atoms with E-state index in [0.29, 0.717) is 44.0 Å². The first-order valence-corrected chi connectivity index (χ1v) is 13.6. The number of ether oxygens (including phenoxy) is 3. The molecule has 2 N–H and O–H groups in total. The number of aliphatic hydroxyl groups is 2. The quantitative estimate of drug-likeness (QED) is 0.446. The molecule has 1 aromatic carbocycles. The average molecular weight is 550 g/mol. The van der Waals surface area contributed by atoms with Gasteiger partial charge in [0.15, 0.2) is 6.10 Å². The fourth-order valence-electron chi connectivity index (χ4n) is 5.63. The minimum Gasteiger partial charge on any atom is -0.479 e. The fourth-order valence-corrected chi connectivity index (χ4v) is 5.89. The smallest absolute Gasteiger partial charge is 0.347 e. The zero-order chi connectivity index (χ0) is 24.9. The second kappa shape index (κ2) is 12.0. The number of carbonyl (C=O) groups is 1. The van der Waals surface area contributed by atoms with Gasteiger partial charge in [0, 0.05) is 23.4 Å². The Balaban J connectivity index is 1.46. The summed E-state index contributed by atoms with van der Waals surface area (Å²) in [5.74, 6) is 0.799. The molecule has 0 bridgehead atoms. The second-order valence-electron chi connectivity index (χ2n) is 10.1. The Hall–Kier alpha value is -1.67. The zero-order valence-electron chi connectivity index (χ0n) is 20.5. The van der Waals surface area contributed by atoms with E-state index in [1.165, 1.54) is 0 Å². The van der Waals surface area contributed by atoms with Crippen LogP contribution in [0.1, 0.15) is 52.4 Å². The van der Waals surface area contributed by atoms with Crippen molar-refractivity contribution < 1.29 is 29.2 Å². The number of esters is 1. The number of fused-ring (bicyclic) bond motifs is 1. The molecule has 7 heteroatoms. The summed E-state index contributed by atoms with van der Waals surface area (Å²) >= 11 is 3.41. The Labute approximate surface area is 216 Å². The number of hydrogen-bond donors (Lipinski definition) is 2. The van der Waals surface area contributed by atoms with Gasteiger partial charge in [0.05, 0.1) is 18.3 Å². The fraction of sp³-hybridized carbons (Fsp3) is 0.607. The van der Waals surface area contributed by atoms with E-state index in [9.17, 15) is 15.0 Å². The molecule has 1 fully saturated rings. The number of allylic oxidation sites excluding steroid dienone is 2. The van der Waals surface area contributed by atoms with Gasteiger partial charge in [-0.05, 0) is 73.8 Å². The normalized spacial score (nSPS) is 33.4. The highest BCUT2D eigenvalue weighted by molar-refractivity contribution is 9.10. The van der Waals surface area contributed by atoms with Gasteiger partial charge in [-0.25, -0.2) is 4.79 Å². The van der Waals surface area contributed by atoms with Gasteiger partial charge in [-0.15, -0.1) is 0 Å². The van der Waals surface area contributed by atoms with E-state index in [1.54, 1.807) is 0 Å². The van der Waals surface area contributed by atoms with Crippen molar-refractivity contribution in [3.05, 3.63) is 52.5 Å². The molecule has 0 radical (unpaired) electrons. The number of benzene rings is 1. The molecule has 2 aliphatic carbocycles. The lowest BCUT2D eigenvalue weighted by molar-refractivity contribution is -0.163. The third-order valence-corrected chi connectivity index (χ3v) is 8.06. The molecule has 3 aliphatic rings. The van der Waals surface area contributed by atoms with Crippen LogP contribution in [-0.2, 0) is 14.3 Å². The van der Waals surface area contributed by atoms with Crippen LogP contribution in [0, 0.1) is 17.8 Å². The minimum atomic E-state index is -0.713. The van der Waals surface area contributed by atoms with Crippen molar-refractivity contribution in [2.75, 3.05) is 6.61 Å². The lowest BCUT2D eigenvalue weighted by atomic mass is 9.66. The maximum Gasteiger partial charge on any atom is 0.347 e. The topological polar surface area (TPSA) is 85.2 Å². The van der Waals surface area contributed by atoms with Gasteiger partial charge >= 0.3 is 5.97 Å². The summed E-state index contributed by atoms with van der Waals surface area (Å²) in [6.07, 6.45) is 8.15. The maximum atomic E-state index is 13.2. The first-order chi connectivity index (χ1) is 16.8. The standard InChI is InChI=1S/C28H37BrO6/c1-3-25(34-22-8-6-19(29)7-9-22)28(32)35-26-16-21(31)14-18-5-4-17(2)24(27(18)26)11-10-23-15-20(30)12-13-33-23/h4-9,14,17,20-21,23-27,30-31H,3,10-13,15-16H2,1-2H3/t17-,20+,21+,23+,24-,25?,26-,27-/m0/s1. The molecule has 1 unspecified atom stereocenters. The van der Waals surface area contributed by atoms with E-state index in [4.69, 9.17) is 14.2 Å². The molecular formula is C28H37BrO6. The molecule has 1 saturated heterocycles. The van der Waals surface area contributed by atoms with Crippen LogP contribution in [0.3, 0.4) is 0 Å². The summed E-state index contributed by atoms with van der Waals surface area (Å²) in [5, 5.41) is 20.5. The highest BCUT2D eigenvalue weighted by Gasteiger charge is 2.42. The molecule has 0 amide bonds. The van der Waals surface area contributed by atoms with E-state index < -0.39 is 24.3 Å². The zero-order valence-corrected chi connectivity index (χ0v) is 22.1. The van der Waals surface area contributed by atoms with Crippen LogP contribution in [-0.4, -0.2) is 53.3 Å². The molecule has 35 heavy (non-hydrogen) atoms. The van der Waals surface area contributed by atoms with Crippen LogP contribution >= 0.6 is 15.9 Å². The Bertz CT molecular complexity index is 913. The van der Waals surface area contributed by atoms with Crippen molar-refractivity contribution in [1.29, 1.82) is 0 Å². The van der Waals surface area contributed by atoms with Crippen LogP contribution in [0.15, 0.2) is 52.5 Å². The lowest BCUT2D eigenvalue weighted by Gasteiger charge is -2.43. The molecule has 1 heterocycles. The summed E-state index contributed by atoms with van der Waals surface area (Å²) in [6, 6.07) is 7.38. The summed E-state index contributed by atoms with van der Waals surface area (Å²) in [4.78, 5) is 13.2. The van der Waals surface area contributed by atoms with Gasteiger partial charge in [-0.3, -0.25) is 0 Å². The van der Waals surface area contributed by atoms with Gasteiger partial charge in [-0.2, -0.15) is 0 Å². The van der Waals surface area contributed by atoms with Crippen molar-refractivity contribution in [2.24, 2.45) is 17.8 Å². The first kappa shape index (κ1) is 26.4. The Morgan fingerprint density at radius 3 is 2.69 bits per heavy atom. The third kappa shape index (κ3) is 6.76. The van der Waals surface area contributed by atoms with Gasteiger partial charge in [0.2, 0.25) is 0 Å². The number of aliphatic hydroxyl groups excluding tert-OH is 2. The molecule has 6 nitrogen and oxygen atoms in total. The number of hydrogen-bond acceptors (Lipinski definition) is 6. The maximum absolute atomic E-state index is 13.2. The Kier molecular flexibility index (Phi) is 9.08. The van der Waals surface area contributed by atoms with Gasteiger partial charge in [0.1, 0.15) is 11.9 Å². The third-order valence-electron chi connectivity index (χ3n) is 7.53. The lowest BCUT2D eigenvalue weighted by Crippen LogP contribution is -2.44. The predicted molar refractivity (Wildman–Crippen MR) is 137 cm³/mol. The number of rotatable bonds is 8. The van der Waals surface area contributed by atoms with Gasteiger partial charge in [0.25, 0.3) is 0 Å². The summed E-state index contributed by atoms with van der Waals surface area (Å²) < 4.78 is 18.9. The number of halogens is 1. The average Bonchev–Trinajstić information content (AvgIpc) is 2.83. The van der Waals surface area contributed by atoms with E-state index in [-0.39, 0.29) is 24.0 Å². The van der Waals surface area contributed by atoms with Crippen LogP contribution in [0.25, 0.3) is 0 Å². The number of carbonyl (C=O) groups excluding carboxylic acids is 1. The van der Waals surface area contributed by atoms with Crippen LogP contribution in [0.4, 0.5) is 0 Å². The second-order valence-corrected chi connectivity index (χ2v) is 11.0. The molecular weight excluding hydrogens is 512 g/mol. The van der Waals surface area contributed by atoms with Gasteiger partial charge in [-0.1, -0.05) is 48.0 Å². The SMILES string of the molecule is CCC(Oc1ccc(Br)cc1)C(=O)O[C@H]1C[C@H](O)C=C2C=C[C@H](C)[C@H](CC[C@@H]3C[C@H](O)CCO3)[C@H]21. The largest absolute Gasteiger partial charge is 0.479 e. The Morgan fingerprint density at radius 1 is 1.20 bits per heavy atom. The summed E-state index contributed by atoms with van der Waals surface area (Å²) in [7, 11) is 0. The molecule has 1 aromatic rings. The first-order valence-electron chi connectivity index (χ1n) is 12.8. The molecule has 4 rings (SSSR count). The predicted octanol–water partition coefficient (Wildman–Crippen LogP) is 4.97. The van der Waals surface area contributed by atoms with Crippen LogP contribution in [0.5, 0.6) is 5.75 Å². The van der Waals surface area contributed by atoms with Gasteiger partial charge < -0.3 is 24.4 Å². The van der Waals surface area contributed by atoms with Crippen molar-refractivity contribution >= 4 is 21.9 Å². The highest BCUT2D eigenvalue weighted by Crippen LogP contribution is 2.44. The molecule has 0 aromatic heterocycles. The van der Waals surface area contributed by atoms with E-state index in [1.807, 2.05) is 37.3 Å². The summed E-state index contributed by atoms with van der Waals surface area (Å²) in [6.45, 7) is 4.70. The molecule has 0 saturated carbocycles. The summed E-state index contributed by atoms with van der Waals surface area (Å²) in [5.41, 5.74) is 1.04. The Morgan fingerprint density at radius 2 is 1.97 bits per heavy atom. The van der Waals surface area contributed by atoms with Crippen molar-refractivity contribution in [3.8, 4) is 5.75 Å². The van der Waals surface area contributed by atoms with Crippen molar-refractivity contribution in [1.82, 2.24) is 0 Å². The van der Waals surface area contributed by atoms with E-state index in [2.05, 4.69) is 35.0 Å². The molecule has 1 aliphatic heterocycles. The van der Waals surface area contributed by atoms with Crippen molar-refractivity contribution in [2.45, 2.75) is 82.9 Å². The van der Waals surface area contributed by atoms with Crippen molar-refractivity contribution in [3.63, 3.8) is 0 Å². The molecule has 8 atom stereocenters. The van der Waals surface area contributed by atoms with Crippen LogP contribution < -0.4 is 4.74 Å². The van der Waals surface area contributed by atoms with Crippen LogP contribution in [0.2, 0.25) is 0 Å². The molecule has 0 spiro atoms.